The van der Waals surface area contributed by atoms with E-state index in [9.17, 15) is 14.4 Å². The minimum atomic E-state index is -1.16. The van der Waals surface area contributed by atoms with E-state index in [1.165, 1.54) is 0 Å². The molecule has 0 aromatic rings. The number of carboxylic acids is 3. The van der Waals surface area contributed by atoms with E-state index in [0.717, 1.165) is 18.2 Å². The van der Waals surface area contributed by atoms with Crippen molar-refractivity contribution in [2.24, 2.45) is 10.8 Å². The highest BCUT2D eigenvalue weighted by Crippen LogP contribution is 2.19. The molecule has 0 atom stereocenters. The monoisotopic (exact) mass is 576 g/mol. The Hall–Kier alpha value is -2.77. The molecule has 16 nitrogen and oxygen atoms in total. The lowest BCUT2D eigenvalue weighted by Gasteiger charge is -2.31. The van der Waals surface area contributed by atoms with Gasteiger partial charge in [0.1, 0.15) is 0 Å². The van der Waals surface area contributed by atoms with Crippen molar-refractivity contribution >= 4 is 17.9 Å². The smallest absolute Gasteiger partial charge is 0.327 e. The quantitative estimate of drug-likeness (QED) is 0.0596. The second-order valence-electron chi connectivity index (χ2n) is 7.13. The molecule has 0 bridgehead atoms. The van der Waals surface area contributed by atoms with Gasteiger partial charge in [0.05, 0.1) is 90.1 Å². The zero-order chi connectivity index (χ0) is 31.8. The van der Waals surface area contributed by atoms with Crippen LogP contribution in [0.3, 0.4) is 0 Å². The third kappa shape index (κ3) is 35.2. The Bertz CT molecular complexity index is 532. The fourth-order valence-electron chi connectivity index (χ4n) is 1.29. The fourth-order valence-corrected chi connectivity index (χ4v) is 1.29. The molecule has 0 aromatic heterocycles. The predicted molar refractivity (Wildman–Crippen MR) is 137 cm³/mol. The van der Waals surface area contributed by atoms with Gasteiger partial charge in [0.15, 0.2) is 0 Å². The van der Waals surface area contributed by atoms with E-state index >= 15 is 0 Å². The molecule has 11 N–H and O–H groups in total. The first-order chi connectivity index (χ1) is 18.3. The summed E-state index contributed by atoms with van der Waals surface area (Å²) in [6.07, 6.45) is 2.50. The van der Waals surface area contributed by atoms with Gasteiger partial charge in [0.2, 0.25) is 0 Å². The summed E-state index contributed by atoms with van der Waals surface area (Å²) in [6, 6.07) is 0. The summed E-state index contributed by atoms with van der Waals surface area (Å²) in [6.45, 7) is 6.57. The summed E-state index contributed by atoms with van der Waals surface area (Å²) in [5.74, 6) is -2.94. The van der Waals surface area contributed by atoms with Crippen molar-refractivity contribution in [3.05, 3.63) is 38.0 Å². The number of aliphatic hydroxyl groups excluding tert-OH is 8. The Morgan fingerprint density at radius 1 is 0.513 bits per heavy atom. The molecule has 16 heteroatoms. The highest BCUT2D eigenvalue weighted by atomic mass is 16.5. The first kappa shape index (κ1) is 46.1. The van der Waals surface area contributed by atoms with Gasteiger partial charge >= 0.3 is 17.9 Å². The predicted octanol–water partition coefficient (Wildman–Crippen LogP) is -3.31. The summed E-state index contributed by atoms with van der Waals surface area (Å²) in [7, 11) is 0. The van der Waals surface area contributed by atoms with E-state index in [2.05, 4.69) is 24.5 Å². The van der Waals surface area contributed by atoms with Crippen molar-refractivity contribution in [1.82, 2.24) is 0 Å². The third-order valence-corrected chi connectivity index (χ3v) is 3.82. The molecule has 0 amide bonds. The van der Waals surface area contributed by atoms with Gasteiger partial charge in [-0.3, -0.25) is 0 Å². The highest BCUT2D eigenvalue weighted by Gasteiger charge is 2.32. The van der Waals surface area contributed by atoms with Crippen LogP contribution < -0.4 is 0 Å². The number of hydrogen-bond acceptors (Lipinski definition) is 13. The topological polar surface area (TPSA) is 292 Å². The van der Waals surface area contributed by atoms with E-state index in [1.54, 1.807) is 0 Å². The first-order valence-corrected chi connectivity index (χ1v) is 10.9. The largest absolute Gasteiger partial charge is 0.478 e. The minimum Gasteiger partial charge on any atom is -0.478 e. The molecule has 0 aliphatic rings. The zero-order valence-corrected chi connectivity index (χ0v) is 21.8. The van der Waals surface area contributed by atoms with Crippen LogP contribution in [0, 0.1) is 10.8 Å². The maximum absolute atomic E-state index is 9.25. The highest BCUT2D eigenvalue weighted by molar-refractivity contribution is 5.79. The van der Waals surface area contributed by atoms with Gasteiger partial charge in [-0.2, -0.15) is 0 Å². The number of aliphatic carboxylic acids is 3. The van der Waals surface area contributed by atoms with Gasteiger partial charge in [-0.15, -0.1) is 0 Å². The first-order valence-electron chi connectivity index (χ1n) is 10.9. The van der Waals surface area contributed by atoms with Crippen LogP contribution in [-0.4, -0.2) is 153 Å². The van der Waals surface area contributed by atoms with E-state index in [4.69, 9.17) is 60.9 Å². The van der Waals surface area contributed by atoms with Gasteiger partial charge in [-0.1, -0.05) is 19.7 Å². The summed E-state index contributed by atoms with van der Waals surface area (Å²) in [4.78, 5) is 27.8. The molecule has 0 saturated carbocycles. The molecule has 0 aliphatic heterocycles. The van der Waals surface area contributed by atoms with Gasteiger partial charge < -0.3 is 65.6 Å². The Kier molecular flexibility index (Phi) is 39.3. The molecule has 0 aromatic carbocycles. The number of aliphatic hydroxyl groups is 8. The Morgan fingerprint density at radius 2 is 0.718 bits per heavy atom. The maximum Gasteiger partial charge on any atom is 0.327 e. The molecule has 232 valence electrons. The number of carboxylic acid groups (broad SMARTS) is 3. The summed E-state index contributed by atoms with van der Waals surface area (Å²) in [5, 5.41) is 93.2. The van der Waals surface area contributed by atoms with E-state index in [-0.39, 0.29) is 26.4 Å². The maximum atomic E-state index is 9.25. The van der Waals surface area contributed by atoms with Gasteiger partial charge in [-0.05, 0) is 0 Å². The average Bonchev–Trinajstić information content (AvgIpc) is 2.95. The van der Waals surface area contributed by atoms with Crippen molar-refractivity contribution in [3.8, 4) is 0 Å². The van der Waals surface area contributed by atoms with Crippen molar-refractivity contribution in [3.63, 3.8) is 0 Å². The lowest BCUT2D eigenvalue weighted by molar-refractivity contribution is -0.132. The summed E-state index contributed by atoms with van der Waals surface area (Å²) >= 11 is 0. The van der Waals surface area contributed by atoms with Crippen molar-refractivity contribution in [2.75, 3.05) is 79.3 Å². The number of rotatable bonds is 17. The van der Waals surface area contributed by atoms with Crippen LogP contribution in [-0.2, 0) is 23.9 Å². The van der Waals surface area contributed by atoms with E-state index < -0.39 is 68.4 Å². The minimum absolute atomic E-state index is 0.0278. The molecule has 39 heavy (non-hydrogen) atoms. The fraction of sp³-hybridized carbons (Fsp3) is 0.609. The molecule has 0 fully saturated rings. The lowest BCUT2D eigenvalue weighted by Crippen LogP contribution is -2.43. The van der Waals surface area contributed by atoms with Crippen molar-refractivity contribution < 1.29 is 80.0 Å². The summed E-state index contributed by atoms with van der Waals surface area (Å²) in [5.41, 5.74) is -2.32. The molecular formula is C23H44O16. The summed E-state index contributed by atoms with van der Waals surface area (Å²) < 4.78 is 9.78. The number of ether oxygens (including phenoxy) is 2. The third-order valence-electron chi connectivity index (χ3n) is 3.82. The van der Waals surface area contributed by atoms with Crippen LogP contribution in [0.4, 0.5) is 0 Å². The number of hydrogen-bond donors (Lipinski definition) is 11. The molecule has 0 saturated heterocycles. The SMILES string of the molecule is C=CC(=O)O.C=CC(=O)O.C=CC(=O)O.OCC(CO)(CO)COCC(CO)(CO)CO.OCCOCCO. The van der Waals surface area contributed by atoms with Crippen molar-refractivity contribution in [1.29, 1.82) is 0 Å². The Morgan fingerprint density at radius 3 is 0.846 bits per heavy atom. The second-order valence-corrected chi connectivity index (χ2v) is 7.13. The number of carbonyl (C=O) groups is 3. The van der Waals surface area contributed by atoms with Gasteiger partial charge in [0.25, 0.3) is 0 Å². The molecule has 0 rings (SSSR count). The van der Waals surface area contributed by atoms with Crippen LogP contribution in [0.25, 0.3) is 0 Å². The van der Waals surface area contributed by atoms with Crippen LogP contribution in [0.15, 0.2) is 38.0 Å². The molecule has 0 unspecified atom stereocenters. The van der Waals surface area contributed by atoms with Crippen LogP contribution in [0.2, 0.25) is 0 Å². The molecular weight excluding hydrogens is 532 g/mol. The second kappa shape index (κ2) is 33.3. The average molecular weight is 577 g/mol. The molecule has 0 spiro atoms. The lowest BCUT2D eigenvalue weighted by atomic mass is 9.91. The normalized spacial score (nSPS) is 9.85. The Labute approximate surface area is 226 Å². The van der Waals surface area contributed by atoms with E-state index in [1.807, 2.05) is 0 Å². The molecule has 0 aliphatic carbocycles. The zero-order valence-electron chi connectivity index (χ0n) is 21.8. The van der Waals surface area contributed by atoms with Crippen LogP contribution in [0.1, 0.15) is 0 Å². The van der Waals surface area contributed by atoms with Gasteiger partial charge in [0, 0.05) is 18.2 Å². The van der Waals surface area contributed by atoms with Gasteiger partial charge in [-0.25, -0.2) is 14.4 Å². The van der Waals surface area contributed by atoms with Crippen LogP contribution in [0.5, 0.6) is 0 Å². The molecule has 0 heterocycles. The standard InChI is InChI=1S/C10H22O7.C4H10O3.3C3H4O2/c11-1-9(2-12,3-13)7-17-8-10(4-14,5-15)6-16;5-1-3-7-4-2-6;3*1-2-3(4)5/h11-16H,1-8H2;5-6H,1-4H2;3*2H,1H2,(H,4,5). The van der Waals surface area contributed by atoms with E-state index in [0.29, 0.717) is 13.2 Å². The van der Waals surface area contributed by atoms with Crippen LogP contribution >= 0.6 is 0 Å². The Balaban J connectivity index is -0.000000144. The molecule has 0 radical (unpaired) electrons. The van der Waals surface area contributed by atoms with Crippen molar-refractivity contribution in [2.45, 2.75) is 0 Å².